The number of anilines is 1. The van der Waals surface area contributed by atoms with Crippen LogP contribution < -0.4 is 5.32 Å². The highest BCUT2D eigenvalue weighted by molar-refractivity contribution is 5.45. The van der Waals surface area contributed by atoms with Crippen LogP contribution in [0.5, 0.6) is 0 Å². The summed E-state index contributed by atoms with van der Waals surface area (Å²) in [5, 5.41) is 13.5. The van der Waals surface area contributed by atoms with Gasteiger partial charge in [-0.05, 0) is 31.2 Å². The minimum atomic E-state index is -4.61. The molecule has 1 unspecified atom stereocenters. The average molecular weight is 308 g/mol. The van der Waals surface area contributed by atoms with Crippen molar-refractivity contribution in [1.82, 2.24) is 24.8 Å². The van der Waals surface area contributed by atoms with E-state index in [1.807, 2.05) is 19.1 Å². The van der Waals surface area contributed by atoms with E-state index in [2.05, 4.69) is 25.6 Å². The molecule has 0 aliphatic rings. The number of fused-ring (bicyclic) bond motifs is 1. The number of halogens is 3. The first-order chi connectivity index (χ1) is 10.4. The summed E-state index contributed by atoms with van der Waals surface area (Å²) < 4.78 is 39.1. The monoisotopic (exact) mass is 308 g/mol. The van der Waals surface area contributed by atoms with Gasteiger partial charge in [0.25, 0.3) is 5.82 Å². The fraction of sp³-hybridized carbons (Fsp3) is 0.231. The molecule has 0 radical (unpaired) electrons. The number of alkyl halides is 3. The summed E-state index contributed by atoms with van der Waals surface area (Å²) in [5.74, 6) is -0.882. The van der Waals surface area contributed by atoms with Crippen LogP contribution in [0.25, 0.3) is 5.65 Å². The molecule has 0 aromatic carbocycles. The van der Waals surface area contributed by atoms with Gasteiger partial charge < -0.3 is 5.32 Å². The topological polar surface area (TPSA) is 68.0 Å². The van der Waals surface area contributed by atoms with Crippen LogP contribution in [-0.2, 0) is 6.18 Å². The largest absolute Gasteiger partial charge is 0.453 e. The zero-order valence-corrected chi connectivity index (χ0v) is 11.4. The zero-order valence-electron chi connectivity index (χ0n) is 11.4. The predicted molar refractivity (Wildman–Crippen MR) is 72.1 cm³/mol. The lowest BCUT2D eigenvalue weighted by molar-refractivity contribution is -0.146. The second-order valence-electron chi connectivity index (χ2n) is 4.63. The maximum atomic E-state index is 12.8. The van der Waals surface area contributed by atoms with Crippen molar-refractivity contribution in [3.63, 3.8) is 0 Å². The van der Waals surface area contributed by atoms with Crippen LogP contribution in [0.2, 0.25) is 0 Å². The number of hydrogen-bond acceptors (Lipinski definition) is 5. The second-order valence-corrected chi connectivity index (χ2v) is 4.63. The molecule has 0 bridgehead atoms. The van der Waals surface area contributed by atoms with Crippen molar-refractivity contribution in [2.24, 2.45) is 0 Å². The lowest BCUT2D eigenvalue weighted by atomic mass is 10.2. The summed E-state index contributed by atoms with van der Waals surface area (Å²) in [6.07, 6.45) is -2.97. The number of aromatic nitrogens is 5. The Labute approximate surface area is 123 Å². The summed E-state index contributed by atoms with van der Waals surface area (Å²) in [6, 6.07) is 8.19. The van der Waals surface area contributed by atoms with Gasteiger partial charge in [-0.3, -0.25) is 4.98 Å². The molecule has 0 fully saturated rings. The summed E-state index contributed by atoms with van der Waals surface area (Å²) in [5.41, 5.74) is 0.785. The third-order valence-corrected chi connectivity index (χ3v) is 3.01. The maximum Gasteiger partial charge on any atom is 0.453 e. The molecular formula is C13H11F3N6. The molecule has 0 spiro atoms. The van der Waals surface area contributed by atoms with Crippen molar-refractivity contribution < 1.29 is 13.2 Å². The zero-order chi connectivity index (χ0) is 15.7. The minimum absolute atomic E-state index is 0.0309. The lowest BCUT2D eigenvalue weighted by Gasteiger charge is -2.14. The maximum absolute atomic E-state index is 12.8. The summed E-state index contributed by atoms with van der Waals surface area (Å²) in [6.45, 7) is 1.84. The van der Waals surface area contributed by atoms with E-state index in [4.69, 9.17) is 0 Å². The second kappa shape index (κ2) is 5.24. The Bertz CT molecular complexity index is 783. The van der Waals surface area contributed by atoms with Crippen LogP contribution >= 0.6 is 0 Å². The van der Waals surface area contributed by atoms with Gasteiger partial charge in [0.05, 0.1) is 11.7 Å². The summed E-state index contributed by atoms with van der Waals surface area (Å²) >= 11 is 0. The van der Waals surface area contributed by atoms with Crippen LogP contribution in [-0.4, -0.2) is 24.8 Å². The number of nitrogens with zero attached hydrogens (tertiary/aromatic N) is 5. The number of nitrogens with one attached hydrogen (secondary N) is 1. The van der Waals surface area contributed by atoms with Crippen molar-refractivity contribution >= 4 is 11.5 Å². The van der Waals surface area contributed by atoms with Crippen LogP contribution in [0, 0.1) is 0 Å². The van der Waals surface area contributed by atoms with E-state index in [0.29, 0.717) is 4.52 Å². The molecule has 1 atom stereocenters. The molecule has 0 saturated heterocycles. The highest BCUT2D eigenvalue weighted by atomic mass is 19.4. The first-order valence-corrected chi connectivity index (χ1v) is 6.42. The summed E-state index contributed by atoms with van der Waals surface area (Å²) in [7, 11) is 0. The van der Waals surface area contributed by atoms with E-state index in [1.165, 1.54) is 6.07 Å². The Morgan fingerprint density at radius 3 is 2.64 bits per heavy atom. The van der Waals surface area contributed by atoms with Gasteiger partial charge in [-0.2, -0.15) is 17.7 Å². The quantitative estimate of drug-likeness (QED) is 0.806. The minimum Gasteiger partial charge on any atom is -0.361 e. The molecular weight excluding hydrogens is 297 g/mol. The standard InChI is InChI=1S/C13H11F3N6/c1-8(9-4-2-3-7-17-9)18-10-5-6-11-19-20-12(13(14,15)16)22(11)21-10/h2-8H,1H3,(H,18,21). The molecule has 0 amide bonds. The van der Waals surface area contributed by atoms with Crippen molar-refractivity contribution in [2.45, 2.75) is 19.1 Å². The van der Waals surface area contributed by atoms with Gasteiger partial charge in [0.2, 0.25) is 0 Å². The van der Waals surface area contributed by atoms with Crippen LogP contribution in [0.4, 0.5) is 19.0 Å². The molecule has 3 aromatic rings. The fourth-order valence-corrected chi connectivity index (χ4v) is 1.97. The van der Waals surface area contributed by atoms with Gasteiger partial charge in [-0.25, -0.2) is 0 Å². The van der Waals surface area contributed by atoms with E-state index in [1.54, 1.807) is 18.3 Å². The first kappa shape index (κ1) is 14.2. The SMILES string of the molecule is CC(Nc1ccc2nnc(C(F)(F)F)n2n1)c1ccccn1. The smallest absolute Gasteiger partial charge is 0.361 e. The Balaban J connectivity index is 1.92. The highest BCUT2D eigenvalue weighted by Crippen LogP contribution is 2.27. The van der Waals surface area contributed by atoms with Crippen LogP contribution in [0.3, 0.4) is 0 Å². The number of pyridine rings is 1. The van der Waals surface area contributed by atoms with Gasteiger partial charge in [0, 0.05) is 6.20 Å². The van der Waals surface area contributed by atoms with E-state index < -0.39 is 12.0 Å². The van der Waals surface area contributed by atoms with Crippen molar-refractivity contribution in [2.75, 3.05) is 5.32 Å². The molecule has 0 saturated carbocycles. The Morgan fingerprint density at radius 1 is 1.14 bits per heavy atom. The van der Waals surface area contributed by atoms with Gasteiger partial charge in [0.15, 0.2) is 5.65 Å². The number of hydrogen-bond donors (Lipinski definition) is 1. The molecule has 9 heteroatoms. The van der Waals surface area contributed by atoms with Gasteiger partial charge in [0.1, 0.15) is 5.82 Å². The van der Waals surface area contributed by atoms with Crippen molar-refractivity contribution in [1.29, 1.82) is 0 Å². The number of rotatable bonds is 3. The van der Waals surface area contributed by atoms with Gasteiger partial charge >= 0.3 is 6.18 Å². The third kappa shape index (κ3) is 2.69. The molecule has 3 heterocycles. The van der Waals surface area contributed by atoms with E-state index in [9.17, 15) is 13.2 Å². The molecule has 3 rings (SSSR count). The van der Waals surface area contributed by atoms with E-state index >= 15 is 0 Å². The van der Waals surface area contributed by atoms with E-state index in [-0.39, 0.29) is 17.5 Å². The Kier molecular flexibility index (Phi) is 3.39. The van der Waals surface area contributed by atoms with E-state index in [0.717, 1.165) is 5.69 Å². The fourth-order valence-electron chi connectivity index (χ4n) is 1.97. The first-order valence-electron chi connectivity index (χ1n) is 6.42. The molecule has 0 aliphatic carbocycles. The van der Waals surface area contributed by atoms with Crippen LogP contribution in [0.15, 0.2) is 36.5 Å². The van der Waals surface area contributed by atoms with Crippen LogP contribution in [0.1, 0.15) is 24.5 Å². The van der Waals surface area contributed by atoms with Crippen molar-refractivity contribution in [3.05, 3.63) is 48.0 Å². The molecule has 6 nitrogen and oxygen atoms in total. The average Bonchev–Trinajstić information content (AvgIpc) is 2.91. The summed E-state index contributed by atoms with van der Waals surface area (Å²) in [4.78, 5) is 4.18. The predicted octanol–water partition coefficient (Wildman–Crippen LogP) is 2.71. The Morgan fingerprint density at radius 2 is 1.95 bits per heavy atom. The Hall–Kier alpha value is -2.71. The molecule has 1 N–H and O–H groups in total. The molecule has 22 heavy (non-hydrogen) atoms. The normalized spacial score (nSPS) is 13.3. The molecule has 3 aromatic heterocycles. The third-order valence-electron chi connectivity index (χ3n) is 3.01. The van der Waals surface area contributed by atoms with Gasteiger partial charge in [-0.15, -0.1) is 15.3 Å². The highest BCUT2D eigenvalue weighted by Gasteiger charge is 2.37. The molecule has 114 valence electrons. The lowest BCUT2D eigenvalue weighted by Crippen LogP contribution is -2.15. The molecule has 0 aliphatic heterocycles. The van der Waals surface area contributed by atoms with Crippen molar-refractivity contribution in [3.8, 4) is 0 Å². The van der Waals surface area contributed by atoms with Gasteiger partial charge in [-0.1, -0.05) is 6.07 Å².